The first-order valence-corrected chi connectivity index (χ1v) is 12.2. The van der Waals surface area contributed by atoms with Crippen molar-refractivity contribution in [2.75, 3.05) is 0 Å². The number of aryl methyl sites for hydroxylation is 2. The molecule has 1 atom stereocenters. The van der Waals surface area contributed by atoms with Gasteiger partial charge in [-0.15, -0.1) is 4.13 Å². The molecule has 0 heterocycles. The smallest absolute Gasteiger partial charge is 0.251 e. The summed E-state index contributed by atoms with van der Waals surface area (Å²) in [6.07, 6.45) is 4.81. The van der Waals surface area contributed by atoms with Crippen molar-refractivity contribution in [2.24, 2.45) is 0 Å². The first-order valence-electron chi connectivity index (χ1n) is 8.95. The number of unbranched alkanes of at least 4 members (excludes halogenated alkanes) is 3. The Balaban J connectivity index is 2.24. The van der Waals surface area contributed by atoms with Crippen molar-refractivity contribution >= 4 is 25.6 Å². The summed E-state index contributed by atoms with van der Waals surface area (Å²) in [4.78, 5) is 0.282. The second kappa shape index (κ2) is 8.91. The summed E-state index contributed by atoms with van der Waals surface area (Å²) in [6.45, 7) is 3.98. The number of nitrogens with one attached hydrogen (secondary N) is 1. The third kappa shape index (κ3) is 5.82. The zero-order valence-corrected chi connectivity index (χ0v) is 17.4. The van der Waals surface area contributed by atoms with Crippen LogP contribution in [0.3, 0.4) is 0 Å². The van der Waals surface area contributed by atoms with E-state index >= 15 is 0 Å². The molecule has 148 valence electrons. The number of phenolic OH excluding ortho intramolecular Hbond substituents is 1. The van der Waals surface area contributed by atoms with Gasteiger partial charge in [0.25, 0.3) is 10.0 Å². The minimum absolute atomic E-state index is 0.0306. The molecule has 5 nitrogen and oxygen atoms in total. The van der Waals surface area contributed by atoms with Crippen LogP contribution in [0.1, 0.15) is 43.7 Å². The van der Waals surface area contributed by atoms with Crippen LogP contribution in [0, 0.1) is 6.92 Å². The van der Waals surface area contributed by atoms with Gasteiger partial charge in [0.05, 0.1) is 14.6 Å². The van der Waals surface area contributed by atoms with E-state index in [-0.39, 0.29) is 15.5 Å². The molecule has 2 N–H and O–H groups in total. The Bertz CT molecular complexity index is 979. The Morgan fingerprint density at radius 2 is 1.59 bits per heavy atom. The lowest BCUT2D eigenvalue weighted by Crippen LogP contribution is -2.30. The number of sulfonamides is 1. The van der Waals surface area contributed by atoms with Crippen LogP contribution in [0.4, 0.5) is 0 Å². The SMILES string of the molecule is C=S(=O)(NS(=O)(=O)c1ccc(C)cc1)c1ccc(O)c(CCCCCC)c1. The van der Waals surface area contributed by atoms with Crippen LogP contribution >= 0.6 is 0 Å². The van der Waals surface area contributed by atoms with Crippen molar-refractivity contribution in [3.8, 4) is 5.75 Å². The fraction of sp³-hybridized carbons (Fsp3) is 0.350. The zero-order chi connectivity index (χ0) is 20.1. The molecule has 0 aromatic heterocycles. The largest absolute Gasteiger partial charge is 0.508 e. The molecule has 1 unspecified atom stereocenters. The highest BCUT2D eigenvalue weighted by Crippen LogP contribution is 2.24. The predicted molar refractivity (Wildman–Crippen MR) is 111 cm³/mol. The lowest BCUT2D eigenvalue weighted by molar-refractivity contribution is 0.465. The van der Waals surface area contributed by atoms with Gasteiger partial charge in [0.1, 0.15) is 5.75 Å². The first kappa shape index (κ1) is 21.5. The lowest BCUT2D eigenvalue weighted by Gasteiger charge is -2.14. The van der Waals surface area contributed by atoms with Crippen molar-refractivity contribution < 1.29 is 17.7 Å². The van der Waals surface area contributed by atoms with Crippen LogP contribution < -0.4 is 4.13 Å². The summed E-state index contributed by atoms with van der Waals surface area (Å²) >= 11 is 0. The van der Waals surface area contributed by atoms with Gasteiger partial charge in [0.15, 0.2) is 0 Å². The molecule has 0 amide bonds. The molecule has 0 spiro atoms. The summed E-state index contributed by atoms with van der Waals surface area (Å²) in [7, 11) is -7.28. The fourth-order valence-corrected chi connectivity index (χ4v) is 6.00. The van der Waals surface area contributed by atoms with Crippen LogP contribution in [-0.2, 0) is 26.2 Å². The second-order valence-corrected chi connectivity index (χ2v) is 10.6. The van der Waals surface area contributed by atoms with Gasteiger partial charge in [-0.25, -0.2) is 12.6 Å². The van der Waals surface area contributed by atoms with Crippen LogP contribution in [0.15, 0.2) is 52.3 Å². The molecular weight excluding hydrogens is 382 g/mol. The standard InChI is InChI=1S/C20H27NO4S2/c1-4-5-6-7-8-17-15-19(13-14-20(17)22)26(3,23)21-27(24,25)18-11-9-16(2)10-12-18/h9-15,22H,3-8H2,1-2H3,(H,21,23). The third-order valence-corrected chi connectivity index (χ3v) is 8.17. The molecule has 0 bridgehead atoms. The van der Waals surface area contributed by atoms with Crippen molar-refractivity contribution in [1.82, 2.24) is 4.13 Å². The van der Waals surface area contributed by atoms with E-state index in [0.717, 1.165) is 31.2 Å². The zero-order valence-electron chi connectivity index (χ0n) is 15.8. The van der Waals surface area contributed by atoms with E-state index in [0.29, 0.717) is 12.0 Å². The van der Waals surface area contributed by atoms with Gasteiger partial charge in [-0.3, -0.25) is 0 Å². The number of phenols is 1. The van der Waals surface area contributed by atoms with E-state index in [2.05, 4.69) is 16.9 Å². The van der Waals surface area contributed by atoms with Gasteiger partial charge in [0.2, 0.25) is 0 Å². The molecule has 2 aromatic carbocycles. The maximum Gasteiger partial charge on any atom is 0.251 e. The van der Waals surface area contributed by atoms with Gasteiger partial charge >= 0.3 is 0 Å². The molecule has 7 heteroatoms. The molecule has 2 rings (SSSR count). The number of hydrogen-bond donors (Lipinski definition) is 2. The summed E-state index contributed by atoms with van der Waals surface area (Å²) in [5.74, 6) is 3.72. The van der Waals surface area contributed by atoms with E-state index in [1.807, 2.05) is 6.92 Å². The summed E-state index contributed by atoms with van der Waals surface area (Å²) in [5.41, 5.74) is 1.57. The van der Waals surface area contributed by atoms with E-state index in [9.17, 15) is 17.7 Å². The Morgan fingerprint density at radius 1 is 0.963 bits per heavy atom. The Kier molecular flexibility index (Phi) is 7.08. The van der Waals surface area contributed by atoms with Crippen LogP contribution in [0.5, 0.6) is 5.75 Å². The van der Waals surface area contributed by atoms with E-state index < -0.39 is 19.7 Å². The van der Waals surface area contributed by atoms with Crippen molar-refractivity contribution in [3.05, 3.63) is 53.6 Å². The number of aromatic hydroxyl groups is 1. The van der Waals surface area contributed by atoms with Gasteiger partial charge in [0, 0.05) is 4.90 Å². The highest BCUT2D eigenvalue weighted by Gasteiger charge is 2.21. The van der Waals surface area contributed by atoms with Gasteiger partial charge < -0.3 is 5.11 Å². The van der Waals surface area contributed by atoms with Crippen molar-refractivity contribution in [3.63, 3.8) is 0 Å². The molecule has 0 saturated carbocycles. The molecule has 0 radical (unpaired) electrons. The van der Waals surface area contributed by atoms with E-state index in [4.69, 9.17) is 0 Å². The Morgan fingerprint density at radius 3 is 2.22 bits per heavy atom. The topological polar surface area (TPSA) is 83.5 Å². The summed E-state index contributed by atoms with van der Waals surface area (Å²) in [5, 5.41) is 10.0. The molecule has 0 aliphatic rings. The van der Waals surface area contributed by atoms with Gasteiger partial charge in [-0.2, -0.15) is 0 Å². The highest BCUT2D eigenvalue weighted by atomic mass is 32.3. The molecule has 0 aliphatic carbocycles. The van der Waals surface area contributed by atoms with Gasteiger partial charge in [-0.1, -0.05) is 43.9 Å². The van der Waals surface area contributed by atoms with Crippen LogP contribution in [0.25, 0.3) is 0 Å². The number of hydrogen-bond acceptors (Lipinski definition) is 4. The normalized spacial score (nSPS) is 14.0. The quantitative estimate of drug-likeness (QED) is 0.487. The Labute approximate surface area is 162 Å². The minimum atomic E-state index is -3.98. The molecule has 0 aliphatic heterocycles. The molecule has 2 aromatic rings. The fourth-order valence-electron chi connectivity index (χ4n) is 2.70. The molecule has 0 fully saturated rings. The van der Waals surface area contributed by atoms with Crippen molar-refractivity contribution in [1.29, 1.82) is 0 Å². The first-order chi connectivity index (χ1) is 12.7. The molecule has 27 heavy (non-hydrogen) atoms. The van der Waals surface area contributed by atoms with Crippen molar-refractivity contribution in [2.45, 2.75) is 55.7 Å². The van der Waals surface area contributed by atoms with E-state index in [1.54, 1.807) is 18.2 Å². The highest BCUT2D eigenvalue weighted by molar-refractivity contribution is 8.09. The van der Waals surface area contributed by atoms with E-state index in [1.165, 1.54) is 24.3 Å². The third-order valence-electron chi connectivity index (χ3n) is 4.31. The predicted octanol–water partition coefficient (Wildman–Crippen LogP) is 3.79. The van der Waals surface area contributed by atoms with Crippen LogP contribution in [0.2, 0.25) is 0 Å². The van der Waals surface area contributed by atoms with Gasteiger partial charge in [-0.05, 0) is 61.5 Å². The maximum absolute atomic E-state index is 13.0. The lowest BCUT2D eigenvalue weighted by atomic mass is 10.1. The minimum Gasteiger partial charge on any atom is -0.508 e. The molecule has 0 saturated heterocycles. The number of benzene rings is 2. The average Bonchev–Trinajstić information content (AvgIpc) is 2.59. The average molecular weight is 410 g/mol. The second-order valence-electron chi connectivity index (χ2n) is 6.68. The summed E-state index contributed by atoms with van der Waals surface area (Å²) in [6, 6.07) is 10.7. The molecular formula is C20H27NO4S2. The van der Waals surface area contributed by atoms with Crippen LogP contribution in [-0.4, -0.2) is 23.6 Å². The number of rotatable bonds is 9. The summed E-state index contributed by atoms with van der Waals surface area (Å²) < 4.78 is 40.3. The monoisotopic (exact) mass is 409 g/mol. The maximum atomic E-state index is 13.0. The Hall–Kier alpha value is -1.83.